The molecule has 1 saturated heterocycles. The second-order valence-electron chi connectivity index (χ2n) is 5.65. The summed E-state index contributed by atoms with van der Waals surface area (Å²) in [5, 5.41) is 13.4. The molecule has 0 spiro atoms. The predicted molar refractivity (Wildman–Crippen MR) is 92.4 cm³/mol. The van der Waals surface area contributed by atoms with Gasteiger partial charge >= 0.3 is 11.8 Å². The standard InChI is InChI=1S/C16H23N3O6S/c20-10-4-8-17-15(21)16(22)18-12-14-19(9-5-11-25-14)26(23,24)13-6-2-1-3-7-13/h1-3,6-7,14,20H,4-5,8-12H2,(H,17,21)(H,18,22)/t14-/m1/s1. The number of aliphatic hydroxyl groups is 1. The van der Waals surface area contributed by atoms with E-state index in [1.807, 2.05) is 0 Å². The Hall–Kier alpha value is -2.01. The average Bonchev–Trinajstić information content (AvgIpc) is 2.67. The number of ether oxygens (including phenoxy) is 1. The monoisotopic (exact) mass is 385 g/mol. The molecular weight excluding hydrogens is 362 g/mol. The maximum Gasteiger partial charge on any atom is 0.309 e. The molecule has 1 fully saturated rings. The zero-order valence-corrected chi connectivity index (χ0v) is 15.1. The Morgan fingerprint density at radius 2 is 1.88 bits per heavy atom. The van der Waals surface area contributed by atoms with Gasteiger partial charge in [-0.3, -0.25) is 9.59 Å². The molecule has 0 radical (unpaired) electrons. The van der Waals surface area contributed by atoms with Crippen LogP contribution in [0.1, 0.15) is 12.8 Å². The summed E-state index contributed by atoms with van der Waals surface area (Å²) in [6.07, 6.45) is -0.00501. The third-order valence-corrected chi connectivity index (χ3v) is 5.67. The average molecular weight is 385 g/mol. The molecule has 2 rings (SSSR count). The van der Waals surface area contributed by atoms with Crippen LogP contribution in [-0.4, -0.2) is 68.7 Å². The number of hydrogen-bond acceptors (Lipinski definition) is 6. The summed E-state index contributed by atoms with van der Waals surface area (Å²) in [6, 6.07) is 7.97. The van der Waals surface area contributed by atoms with Crippen LogP contribution in [0.15, 0.2) is 35.2 Å². The van der Waals surface area contributed by atoms with Crippen molar-refractivity contribution in [2.24, 2.45) is 0 Å². The molecule has 9 nitrogen and oxygen atoms in total. The van der Waals surface area contributed by atoms with Crippen LogP contribution in [0.25, 0.3) is 0 Å². The Kier molecular flexibility index (Phi) is 7.51. The highest BCUT2D eigenvalue weighted by atomic mass is 32.2. The minimum absolute atomic E-state index is 0.0931. The van der Waals surface area contributed by atoms with Gasteiger partial charge in [-0.15, -0.1) is 0 Å². The fraction of sp³-hybridized carbons (Fsp3) is 0.500. The zero-order chi connectivity index (χ0) is 19.0. The number of amides is 2. The zero-order valence-electron chi connectivity index (χ0n) is 14.3. The van der Waals surface area contributed by atoms with Gasteiger partial charge in [-0.25, -0.2) is 8.42 Å². The van der Waals surface area contributed by atoms with E-state index in [1.54, 1.807) is 18.2 Å². The SMILES string of the molecule is O=C(NCCCO)C(=O)NC[C@H]1OCCCN1S(=O)(=O)c1ccccc1. The van der Waals surface area contributed by atoms with Crippen molar-refractivity contribution in [1.29, 1.82) is 0 Å². The summed E-state index contributed by atoms with van der Waals surface area (Å²) in [7, 11) is -3.77. The van der Waals surface area contributed by atoms with Crippen LogP contribution < -0.4 is 10.6 Å². The number of benzene rings is 1. The highest BCUT2D eigenvalue weighted by molar-refractivity contribution is 7.89. The molecule has 1 aliphatic rings. The number of rotatable bonds is 7. The number of aliphatic hydroxyl groups excluding tert-OH is 1. The van der Waals surface area contributed by atoms with E-state index in [0.717, 1.165) is 0 Å². The second kappa shape index (κ2) is 9.62. The Balaban J connectivity index is 1.99. The lowest BCUT2D eigenvalue weighted by Gasteiger charge is -2.34. The highest BCUT2D eigenvalue weighted by Crippen LogP contribution is 2.21. The van der Waals surface area contributed by atoms with Crippen LogP contribution in [0.2, 0.25) is 0 Å². The summed E-state index contributed by atoms with van der Waals surface area (Å²) >= 11 is 0. The molecule has 26 heavy (non-hydrogen) atoms. The van der Waals surface area contributed by atoms with E-state index in [4.69, 9.17) is 9.84 Å². The molecular formula is C16H23N3O6S. The van der Waals surface area contributed by atoms with Crippen LogP contribution in [0.3, 0.4) is 0 Å². The quantitative estimate of drug-likeness (QED) is 0.410. The minimum atomic E-state index is -3.77. The van der Waals surface area contributed by atoms with E-state index in [2.05, 4.69) is 10.6 Å². The molecule has 2 amide bonds. The van der Waals surface area contributed by atoms with E-state index < -0.39 is 28.1 Å². The van der Waals surface area contributed by atoms with Gasteiger partial charge in [0.1, 0.15) is 6.23 Å². The van der Waals surface area contributed by atoms with Crippen molar-refractivity contribution in [1.82, 2.24) is 14.9 Å². The number of hydrogen-bond donors (Lipinski definition) is 3. The van der Waals surface area contributed by atoms with Gasteiger partial charge in [0.05, 0.1) is 18.0 Å². The predicted octanol–water partition coefficient (Wildman–Crippen LogP) is -0.961. The van der Waals surface area contributed by atoms with E-state index in [0.29, 0.717) is 19.4 Å². The first kappa shape index (κ1) is 20.3. The number of carbonyl (C=O) groups is 2. The molecule has 1 atom stereocenters. The molecule has 1 aliphatic heterocycles. The van der Waals surface area contributed by atoms with Crippen LogP contribution in [0, 0.1) is 0 Å². The van der Waals surface area contributed by atoms with Crippen molar-refractivity contribution in [2.45, 2.75) is 24.0 Å². The highest BCUT2D eigenvalue weighted by Gasteiger charge is 2.34. The second-order valence-corrected chi connectivity index (χ2v) is 7.54. The van der Waals surface area contributed by atoms with Gasteiger partial charge in [0.2, 0.25) is 10.0 Å². The van der Waals surface area contributed by atoms with E-state index in [1.165, 1.54) is 16.4 Å². The fourth-order valence-electron chi connectivity index (χ4n) is 2.45. The van der Waals surface area contributed by atoms with Gasteiger partial charge in [-0.05, 0) is 25.0 Å². The van der Waals surface area contributed by atoms with Crippen molar-refractivity contribution in [3.05, 3.63) is 30.3 Å². The molecule has 1 aromatic carbocycles. The van der Waals surface area contributed by atoms with Crippen molar-refractivity contribution in [3.63, 3.8) is 0 Å². The molecule has 10 heteroatoms. The Labute approximate surface area is 152 Å². The summed E-state index contributed by atoms with van der Waals surface area (Å²) in [6.45, 7) is 0.574. The van der Waals surface area contributed by atoms with Gasteiger partial charge in [-0.1, -0.05) is 18.2 Å². The van der Waals surface area contributed by atoms with Crippen molar-refractivity contribution in [3.8, 4) is 0 Å². The lowest BCUT2D eigenvalue weighted by Crippen LogP contribution is -2.53. The first-order valence-corrected chi connectivity index (χ1v) is 9.76. The van der Waals surface area contributed by atoms with Crippen LogP contribution in [0.4, 0.5) is 0 Å². The molecule has 0 unspecified atom stereocenters. The van der Waals surface area contributed by atoms with Crippen LogP contribution in [-0.2, 0) is 24.3 Å². The Bertz CT molecular complexity index is 710. The third-order valence-electron chi connectivity index (χ3n) is 3.77. The van der Waals surface area contributed by atoms with Gasteiger partial charge in [0.25, 0.3) is 0 Å². The number of sulfonamides is 1. The van der Waals surface area contributed by atoms with Crippen LogP contribution >= 0.6 is 0 Å². The first-order valence-electron chi connectivity index (χ1n) is 8.32. The molecule has 1 heterocycles. The van der Waals surface area contributed by atoms with Crippen LogP contribution in [0.5, 0.6) is 0 Å². The third kappa shape index (κ3) is 5.24. The molecule has 0 bridgehead atoms. The maximum absolute atomic E-state index is 12.8. The lowest BCUT2D eigenvalue weighted by atomic mass is 10.3. The van der Waals surface area contributed by atoms with E-state index >= 15 is 0 Å². The number of carbonyl (C=O) groups excluding carboxylic acids is 2. The number of nitrogens with zero attached hydrogens (tertiary/aromatic N) is 1. The Morgan fingerprint density at radius 3 is 2.58 bits per heavy atom. The molecule has 0 saturated carbocycles. The molecule has 3 N–H and O–H groups in total. The topological polar surface area (TPSA) is 125 Å². The van der Waals surface area contributed by atoms with Crippen molar-refractivity contribution >= 4 is 21.8 Å². The Morgan fingerprint density at radius 1 is 1.19 bits per heavy atom. The maximum atomic E-state index is 12.8. The molecule has 0 aromatic heterocycles. The first-order chi connectivity index (χ1) is 12.5. The van der Waals surface area contributed by atoms with Gasteiger partial charge in [0, 0.05) is 19.7 Å². The van der Waals surface area contributed by atoms with Crippen molar-refractivity contribution in [2.75, 3.05) is 32.8 Å². The van der Waals surface area contributed by atoms with Gasteiger partial charge in [-0.2, -0.15) is 4.31 Å². The largest absolute Gasteiger partial charge is 0.396 e. The summed E-state index contributed by atoms with van der Waals surface area (Å²) in [4.78, 5) is 23.6. The molecule has 144 valence electrons. The lowest BCUT2D eigenvalue weighted by molar-refractivity contribution is -0.140. The molecule has 0 aliphatic carbocycles. The minimum Gasteiger partial charge on any atom is -0.396 e. The number of nitrogens with one attached hydrogen (secondary N) is 2. The summed E-state index contributed by atoms with van der Waals surface area (Å²) in [5.74, 6) is -1.72. The fourth-order valence-corrected chi connectivity index (χ4v) is 4.04. The van der Waals surface area contributed by atoms with E-state index in [9.17, 15) is 18.0 Å². The molecule has 1 aromatic rings. The summed E-state index contributed by atoms with van der Waals surface area (Å²) < 4.78 is 32.2. The van der Waals surface area contributed by atoms with E-state index in [-0.39, 0.29) is 31.1 Å². The summed E-state index contributed by atoms with van der Waals surface area (Å²) in [5.41, 5.74) is 0. The normalized spacial score (nSPS) is 18.3. The smallest absolute Gasteiger partial charge is 0.309 e. The van der Waals surface area contributed by atoms with Gasteiger partial charge in [0.15, 0.2) is 0 Å². The van der Waals surface area contributed by atoms with Crippen molar-refractivity contribution < 1.29 is 27.9 Å². The van der Waals surface area contributed by atoms with Gasteiger partial charge < -0.3 is 20.5 Å².